The summed E-state index contributed by atoms with van der Waals surface area (Å²) in [7, 11) is 0. The van der Waals surface area contributed by atoms with E-state index in [2.05, 4.69) is 17.1 Å². The Kier molecular flexibility index (Phi) is 4.29. The monoisotopic (exact) mass is 341 g/mol. The van der Waals surface area contributed by atoms with E-state index in [0.29, 0.717) is 19.6 Å². The van der Waals surface area contributed by atoms with Gasteiger partial charge in [0.25, 0.3) is 5.91 Å². The molecule has 3 heterocycles. The quantitative estimate of drug-likeness (QED) is 0.769. The average molecular weight is 341 g/mol. The molecule has 1 aromatic rings. The molecule has 2 aliphatic heterocycles. The van der Waals surface area contributed by atoms with Crippen LogP contribution in [-0.4, -0.2) is 53.5 Å². The van der Waals surface area contributed by atoms with E-state index in [1.807, 2.05) is 17.0 Å². The van der Waals surface area contributed by atoms with Crippen molar-refractivity contribution in [3.05, 3.63) is 36.7 Å². The van der Waals surface area contributed by atoms with Crippen LogP contribution in [0.5, 0.6) is 0 Å². The predicted molar refractivity (Wildman–Crippen MR) is 93.0 cm³/mol. The van der Waals surface area contributed by atoms with Crippen LogP contribution in [0.3, 0.4) is 0 Å². The summed E-state index contributed by atoms with van der Waals surface area (Å²) in [5.74, 6) is 0.347. The van der Waals surface area contributed by atoms with Gasteiger partial charge in [0, 0.05) is 25.2 Å². The smallest absolute Gasteiger partial charge is 0.253 e. The number of carbonyl (C=O) groups excluding carboxylic acids is 2. The van der Waals surface area contributed by atoms with E-state index in [0.717, 1.165) is 31.4 Å². The molecule has 0 saturated carbocycles. The van der Waals surface area contributed by atoms with E-state index in [4.69, 9.17) is 4.74 Å². The minimum absolute atomic E-state index is 0.0332. The number of pyridine rings is 1. The lowest BCUT2D eigenvalue weighted by Crippen LogP contribution is -2.59. The molecule has 4 rings (SSSR count). The molecule has 2 fully saturated rings. The Morgan fingerprint density at radius 1 is 1.24 bits per heavy atom. The summed E-state index contributed by atoms with van der Waals surface area (Å²) in [5.41, 5.74) is 0.458. The van der Waals surface area contributed by atoms with Crippen molar-refractivity contribution >= 4 is 17.5 Å². The third-order valence-corrected chi connectivity index (χ3v) is 5.55. The Hall–Kier alpha value is -2.21. The van der Waals surface area contributed by atoms with E-state index in [9.17, 15) is 9.59 Å². The number of likely N-dealkylation sites (tertiary alicyclic amines) is 1. The van der Waals surface area contributed by atoms with Gasteiger partial charge in [0.2, 0.25) is 5.91 Å². The van der Waals surface area contributed by atoms with E-state index >= 15 is 0 Å². The summed E-state index contributed by atoms with van der Waals surface area (Å²) in [4.78, 5) is 32.7. The van der Waals surface area contributed by atoms with Crippen LogP contribution in [-0.2, 0) is 14.3 Å². The first-order valence-electron chi connectivity index (χ1n) is 8.95. The van der Waals surface area contributed by atoms with Gasteiger partial charge in [0.1, 0.15) is 6.61 Å². The standard InChI is InChI=1S/C19H23N3O3/c23-17-13-25-19(14-22(17)16-6-3-9-20-12-16)7-10-21(11-8-19)18(24)15-4-1-2-5-15/h1-3,6,9,12,15H,4-5,7-8,10-11,13-14H2. The average Bonchev–Trinajstić information content (AvgIpc) is 3.20. The molecule has 0 N–H and O–H groups in total. The zero-order valence-electron chi connectivity index (χ0n) is 14.3. The van der Waals surface area contributed by atoms with Crippen molar-refractivity contribution in [2.75, 3.05) is 31.1 Å². The molecule has 1 spiro atoms. The number of nitrogens with zero attached hydrogens (tertiary/aromatic N) is 3. The summed E-state index contributed by atoms with van der Waals surface area (Å²) in [6.07, 6.45) is 10.9. The van der Waals surface area contributed by atoms with Crippen LogP contribution < -0.4 is 4.90 Å². The second-order valence-corrected chi connectivity index (χ2v) is 7.13. The lowest BCUT2D eigenvalue weighted by atomic mass is 9.88. The van der Waals surface area contributed by atoms with Crippen LogP contribution in [0.2, 0.25) is 0 Å². The maximum absolute atomic E-state index is 12.6. The molecule has 0 radical (unpaired) electrons. The highest BCUT2D eigenvalue weighted by molar-refractivity contribution is 5.95. The first kappa shape index (κ1) is 16.3. The molecule has 3 aliphatic rings. The van der Waals surface area contributed by atoms with E-state index in [-0.39, 0.29) is 29.9 Å². The second kappa shape index (κ2) is 6.59. The van der Waals surface area contributed by atoms with Gasteiger partial charge in [-0.15, -0.1) is 0 Å². The first-order valence-corrected chi connectivity index (χ1v) is 8.95. The van der Waals surface area contributed by atoms with Crippen LogP contribution in [0.15, 0.2) is 36.7 Å². The molecule has 132 valence electrons. The van der Waals surface area contributed by atoms with Crippen LogP contribution in [0.4, 0.5) is 5.69 Å². The van der Waals surface area contributed by atoms with E-state index < -0.39 is 0 Å². The maximum atomic E-state index is 12.6. The predicted octanol–water partition coefficient (Wildman–Crippen LogP) is 1.77. The Labute approximate surface area is 147 Å². The number of aromatic nitrogens is 1. The molecule has 6 nitrogen and oxygen atoms in total. The van der Waals surface area contributed by atoms with Crippen molar-refractivity contribution in [1.82, 2.24) is 9.88 Å². The molecule has 0 bridgehead atoms. The molecular formula is C19H23N3O3. The Morgan fingerprint density at radius 3 is 2.68 bits per heavy atom. The minimum atomic E-state index is -0.353. The zero-order valence-corrected chi connectivity index (χ0v) is 14.3. The maximum Gasteiger partial charge on any atom is 0.253 e. The fourth-order valence-corrected chi connectivity index (χ4v) is 3.98. The number of hydrogen-bond acceptors (Lipinski definition) is 4. The fraction of sp³-hybridized carbons (Fsp3) is 0.526. The number of ether oxygens (including phenoxy) is 1. The second-order valence-electron chi connectivity index (χ2n) is 7.13. The topological polar surface area (TPSA) is 62.7 Å². The van der Waals surface area contributed by atoms with Crippen LogP contribution in [0.1, 0.15) is 25.7 Å². The lowest BCUT2D eigenvalue weighted by molar-refractivity contribution is -0.152. The Morgan fingerprint density at radius 2 is 2.00 bits per heavy atom. The van der Waals surface area contributed by atoms with Gasteiger partial charge in [0.05, 0.1) is 24.0 Å². The van der Waals surface area contributed by atoms with Gasteiger partial charge in [-0.05, 0) is 37.8 Å². The number of morpholine rings is 1. The number of piperidine rings is 1. The largest absolute Gasteiger partial charge is 0.363 e. The van der Waals surface area contributed by atoms with Crippen molar-refractivity contribution in [1.29, 1.82) is 0 Å². The van der Waals surface area contributed by atoms with Crippen molar-refractivity contribution in [2.24, 2.45) is 5.92 Å². The molecule has 1 aliphatic carbocycles. The van der Waals surface area contributed by atoms with Gasteiger partial charge in [0.15, 0.2) is 0 Å². The molecular weight excluding hydrogens is 318 g/mol. The molecule has 6 heteroatoms. The van der Waals surface area contributed by atoms with Gasteiger partial charge in [-0.25, -0.2) is 0 Å². The summed E-state index contributed by atoms with van der Waals surface area (Å²) >= 11 is 0. The summed E-state index contributed by atoms with van der Waals surface area (Å²) in [6, 6.07) is 3.73. The molecule has 1 aromatic heterocycles. The molecule has 0 unspecified atom stereocenters. The van der Waals surface area contributed by atoms with Gasteiger partial charge in [-0.3, -0.25) is 14.6 Å². The molecule has 2 saturated heterocycles. The van der Waals surface area contributed by atoms with Crippen molar-refractivity contribution in [3.8, 4) is 0 Å². The number of amides is 2. The van der Waals surface area contributed by atoms with Crippen molar-refractivity contribution < 1.29 is 14.3 Å². The third kappa shape index (κ3) is 3.18. The number of hydrogen-bond donors (Lipinski definition) is 0. The number of rotatable bonds is 2. The highest BCUT2D eigenvalue weighted by Gasteiger charge is 2.44. The minimum Gasteiger partial charge on any atom is -0.363 e. The van der Waals surface area contributed by atoms with Gasteiger partial charge in [-0.1, -0.05) is 12.2 Å². The summed E-state index contributed by atoms with van der Waals surface area (Å²) < 4.78 is 5.96. The summed E-state index contributed by atoms with van der Waals surface area (Å²) in [5, 5.41) is 0. The fourth-order valence-electron chi connectivity index (χ4n) is 3.98. The third-order valence-electron chi connectivity index (χ3n) is 5.55. The first-order chi connectivity index (χ1) is 12.2. The number of anilines is 1. The van der Waals surface area contributed by atoms with Gasteiger partial charge < -0.3 is 14.5 Å². The Bertz CT molecular complexity index is 672. The normalized spacial score (nSPS) is 23.4. The molecule has 25 heavy (non-hydrogen) atoms. The van der Waals surface area contributed by atoms with Crippen LogP contribution in [0, 0.1) is 5.92 Å². The molecule has 0 aromatic carbocycles. The zero-order chi connectivity index (χ0) is 17.3. The highest BCUT2D eigenvalue weighted by Crippen LogP contribution is 2.33. The highest BCUT2D eigenvalue weighted by atomic mass is 16.5. The lowest BCUT2D eigenvalue weighted by Gasteiger charge is -2.47. The Balaban J connectivity index is 1.41. The van der Waals surface area contributed by atoms with E-state index in [1.165, 1.54) is 0 Å². The van der Waals surface area contributed by atoms with Crippen molar-refractivity contribution in [3.63, 3.8) is 0 Å². The number of carbonyl (C=O) groups is 2. The SMILES string of the molecule is O=C(C1CC=CC1)N1CCC2(CC1)CN(c1cccnc1)C(=O)CO2. The number of allylic oxidation sites excluding steroid dienone is 2. The molecule has 0 atom stereocenters. The van der Waals surface area contributed by atoms with Crippen molar-refractivity contribution in [2.45, 2.75) is 31.3 Å². The van der Waals surface area contributed by atoms with Crippen LogP contribution >= 0.6 is 0 Å². The van der Waals surface area contributed by atoms with E-state index in [1.54, 1.807) is 17.3 Å². The summed E-state index contributed by atoms with van der Waals surface area (Å²) in [6.45, 7) is 2.02. The van der Waals surface area contributed by atoms with Gasteiger partial charge >= 0.3 is 0 Å². The van der Waals surface area contributed by atoms with Gasteiger partial charge in [-0.2, -0.15) is 0 Å². The van der Waals surface area contributed by atoms with Crippen LogP contribution in [0.25, 0.3) is 0 Å². The molecule has 2 amide bonds.